The number of ether oxygens (including phenoxy) is 1. The molecule has 0 atom stereocenters. The lowest BCUT2D eigenvalue weighted by atomic mass is 9.94. The van der Waals surface area contributed by atoms with Crippen LogP contribution in [0.15, 0.2) is 0 Å². The van der Waals surface area contributed by atoms with E-state index in [4.69, 9.17) is 4.74 Å². The number of carbonyl (C=O) groups is 1. The van der Waals surface area contributed by atoms with Gasteiger partial charge in [0.05, 0.1) is 12.7 Å². The Morgan fingerprint density at radius 1 is 1.11 bits per heavy atom. The summed E-state index contributed by atoms with van der Waals surface area (Å²) in [4.78, 5) is 11.8. The molecule has 2 rings (SSSR count). The molecule has 1 aliphatic heterocycles. The summed E-state index contributed by atoms with van der Waals surface area (Å²) in [5.41, 5.74) is 0. The molecule has 0 radical (unpaired) electrons. The van der Waals surface area contributed by atoms with E-state index >= 15 is 0 Å². The minimum absolute atomic E-state index is 0.194. The largest absolute Gasteiger partial charge is 0.376 e. The highest BCUT2D eigenvalue weighted by Gasteiger charge is 2.17. The molecule has 1 saturated heterocycles. The normalized spacial score (nSPS) is 22.3. The van der Waals surface area contributed by atoms with Crippen LogP contribution in [0.4, 0.5) is 0 Å². The van der Waals surface area contributed by atoms with Gasteiger partial charge in [0.25, 0.3) is 0 Å². The van der Waals surface area contributed by atoms with Crippen molar-refractivity contribution in [2.24, 2.45) is 5.92 Å². The Hall–Kier alpha value is -0.610. The summed E-state index contributed by atoms with van der Waals surface area (Å²) in [6.07, 6.45) is 9.73. The second-order valence-electron chi connectivity index (χ2n) is 5.88. The van der Waals surface area contributed by atoms with Crippen molar-refractivity contribution in [1.82, 2.24) is 10.6 Å². The van der Waals surface area contributed by atoms with Gasteiger partial charge >= 0.3 is 0 Å². The van der Waals surface area contributed by atoms with Crippen LogP contribution in [-0.4, -0.2) is 38.3 Å². The molecular formula is C15H28N2O2. The highest BCUT2D eigenvalue weighted by molar-refractivity contribution is 5.76. The Kier molecular flexibility index (Phi) is 6.65. The SMILES string of the molecule is O=C(CC1CCNCC1)NCCOC1CCCCC1. The molecule has 4 heteroatoms. The zero-order valence-corrected chi connectivity index (χ0v) is 12.0. The van der Waals surface area contributed by atoms with Crippen LogP contribution in [0.3, 0.4) is 0 Å². The molecular weight excluding hydrogens is 240 g/mol. The molecule has 2 aliphatic rings. The molecule has 0 aromatic heterocycles. The summed E-state index contributed by atoms with van der Waals surface area (Å²) in [6.45, 7) is 3.45. The van der Waals surface area contributed by atoms with Crippen LogP contribution < -0.4 is 10.6 Å². The monoisotopic (exact) mass is 268 g/mol. The molecule has 0 aromatic rings. The van der Waals surface area contributed by atoms with Gasteiger partial charge in [0.1, 0.15) is 0 Å². The Labute approximate surface area is 116 Å². The predicted molar refractivity (Wildman–Crippen MR) is 76.0 cm³/mol. The van der Waals surface area contributed by atoms with Crippen LogP contribution in [0.25, 0.3) is 0 Å². The summed E-state index contributed by atoms with van der Waals surface area (Å²) in [5.74, 6) is 0.764. The van der Waals surface area contributed by atoms with Crippen LogP contribution in [0, 0.1) is 5.92 Å². The molecule has 1 saturated carbocycles. The third kappa shape index (κ3) is 5.91. The highest BCUT2D eigenvalue weighted by Crippen LogP contribution is 2.20. The molecule has 0 spiro atoms. The molecule has 2 fully saturated rings. The van der Waals surface area contributed by atoms with Gasteiger partial charge < -0.3 is 15.4 Å². The van der Waals surface area contributed by atoms with Gasteiger partial charge in [0, 0.05) is 13.0 Å². The van der Waals surface area contributed by atoms with E-state index in [0.717, 1.165) is 25.9 Å². The van der Waals surface area contributed by atoms with E-state index < -0.39 is 0 Å². The van der Waals surface area contributed by atoms with E-state index in [1.54, 1.807) is 0 Å². The van der Waals surface area contributed by atoms with E-state index in [2.05, 4.69) is 10.6 Å². The molecule has 0 unspecified atom stereocenters. The van der Waals surface area contributed by atoms with Gasteiger partial charge in [0.15, 0.2) is 0 Å². The van der Waals surface area contributed by atoms with Crippen molar-refractivity contribution in [2.75, 3.05) is 26.2 Å². The van der Waals surface area contributed by atoms with Gasteiger partial charge in [-0.1, -0.05) is 19.3 Å². The van der Waals surface area contributed by atoms with E-state index in [-0.39, 0.29) is 5.91 Å². The zero-order valence-electron chi connectivity index (χ0n) is 12.0. The maximum absolute atomic E-state index is 11.8. The zero-order chi connectivity index (χ0) is 13.3. The van der Waals surface area contributed by atoms with Crippen LogP contribution in [0.2, 0.25) is 0 Å². The summed E-state index contributed by atoms with van der Waals surface area (Å²) in [7, 11) is 0. The fraction of sp³-hybridized carbons (Fsp3) is 0.933. The number of nitrogens with one attached hydrogen (secondary N) is 2. The van der Waals surface area contributed by atoms with Crippen molar-refractivity contribution in [3.05, 3.63) is 0 Å². The second kappa shape index (κ2) is 8.54. The lowest BCUT2D eigenvalue weighted by Crippen LogP contribution is -2.34. The topological polar surface area (TPSA) is 50.4 Å². The third-order valence-electron chi connectivity index (χ3n) is 4.26. The maximum atomic E-state index is 11.8. The fourth-order valence-corrected chi connectivity index (χ4v) is 3.07. The van der Waals surface area contributed by atoms with Crippen molar-refractivity contribution in [1.29, 1.82) is 0 Å². The predicted octanol–water partition coefficient (Wildman–Crippen LogP) is 1.84. The van der Waals surface area contributed by atoms with Gasteiger partial charge in [-0.25, -0.2) is 0 Å². The first-order valence-electron chi connectivity index (χ1n) is 7.93. The molecule has 2 N–H and O–H groups in total. The number of carbonyl (C=O) groups excluding carboxylic acids is 1. The average Bonchev–Trinajstić information content (AvgIpc) is 2.46. The molecule has 1 heterocycles. The van der Waals surface area contributed by atoms with E-state index in [0.29, 0.717) is 31.6 Å². The van der Waals surface area contributed by atoms with Crippen molar-refractivity contribution in [2.45, 2.75) is 57.5 Å². The van der Waals surface area contributed by atoms with Gasteiger partial charge in [-0.2, -0.15) is 0 Å². The Balaban J connectivity index is 1.48. The number of rotatable bonds is 6. The van der Waals surface area contributed by atoms with E-state index in [1.165, 1.54) is 32.1 Å². The lowest BCUT2D eigenvalue weighted by molar-refractivity contribution is -0.122. The Morgan fingerprint density at radius 2 is 1.84 bits per heavy atom. The van der Waals surface area contributed by atoms with Crippen LogP contribution >= 0.6 is 0 Å². The number of piperidine rings is 1. The second-order valence-corrected chi connectivity index (χ2v) is 5.88. The van der Waals surface area contributed by atoms with Crippen molar-refractivity contribution in [3.63, 3.8) is 0 Å². The molecule has 0 bridgehead atoms. The highest BCUT2D eigenvalue weighted by atomic mass is 16.5. The third-order valence-corrected chi connectivity index (χ3v) is 4.26. The smallest absolute Gasteiger partial charge is 0.220 e. The number of hydrogen-bond donors (Lipinski definition) is 2. The first-order chi connectivity index (χ1) is 9.34. The van der Waals surface area contributed by atoms with Crippen molar-refractivity contribution in [3.8, 4) is 0 Å². The first-order valence-corrected chi connectivity index (χ1v) is 7.93. The van der Waals surface area contributed by atoms with Crippen LogP contribution in [0.5, 0.6) is 0 Å². The molecule has 110 valence electrons. The number of amides is 1. The first kappa shape index (κ1) is 14.8. The van der Waals surface area contributed by atoms with Crippen LogP contribution in [0.1, 0.15) is 51.4 Å². The van der Waals surface area contributed by atoms with E-state index in [1.807, 2.05) is 0 Å². The Bertz CT molecular complexity index is 259. The Morgan fingerprint density at radius 3 is 2.58 bits per heavy atom. The van der Waals surface area contributed by atoms with Gasteiger partial charge in [-0.3, -0.25) is 4.79 Å². The lowest BCUT2D eigenvalue weighted by Gasteiger charge is -2.23. The molecule has 1 amide bonds. The van der Waals surface area contributed by atoms with Crippen LogP contribution in [-0.2, 0) is 9.53 Å². The summed E-state index contributed by atoms with van der Waals surface area (Å²) in [6, 6.07) is 0. The van der Waals surface area contributed by atoms with E-state index in [9.17, 15) is 4.79 Å². The van der Waals surface area contributed by atoms with Gasteiger partial charge in [-0.15, -0.1) is 0 Å². The minimum atomic E-state index is 0.194. The molecule has 4 nitrogen and oxygen atoms in total. The maximum Gasteiger partial charge on any atom is 0.220 e. The average molecular weight is 268 g/mol. The molecule has 1 aliphatic carbocycles. The quantitative estimate of drug-likeness (QED) is 0.723. The standard InChI is InChI=1S/C15H28N2O2/c18-15(12-13-6-8-16-9-7-13)17-10-11-19-14-4-2-1-3-5-14/h13-14,16H,1-12H2,(H,17,18). The summed E-state index contributed by atoms with van der Waals surface area (Å²) in [5, 5.41) is 6.31. The fourth-order valence-electron chi connectivity index (χ4n) is 3.07. The summed E-state index contributed by atoms with van der Waals surface area (Å²) >= 11 is 0. The van der Waals surface area contributed by atoms with Crippen molar-refractivity contribution < 1.29 is 9.53 Å². The van der Waals surface area contributed by atoms with Crippen molar-refractivity contribution >= 4 is 5.91 Å². The van der Waals surface area contributed by atoms with Gasteiger partial charge in [0.2, 0.25) is 5.91 Å². The molecule has 0 aromatic carbocycles. The number of hydrogen-bond acceptors (Lipinski definition) is 3. The molecule has 19 heavy (non-hydrogen) atoms. The van der Waals surface area contributed by atoms with Gasteiger partial charge in [-0.05, 0) is 44.7 Å². The summed E-state index contributed by atoms with van der Waals surface area (Å²) < 4.78 is 5.80. The minimum Gasteiger partial charge on any atom is -0.376 e.